The van der Waals surface area contributed by atoms with Crippen LogP contribution in [0, 0.1) is 11.6 Å². The highest BCUT2D eigenvalue weighted by Gasteiger charge is 2.12. The average Bonchev–Trinajstić information content (AvgIpc) is 2.42. The van der Waals surface area contributed by atoms with Crippen LogP contribution in [0.1, 0.15) is 17.2 Å². The molecule has 0 aliphatic heterocycles. The first kappa shape index (κ1) is 15.3. The van der Waals surface area contributed by atoms with Gasteiger partial charge in [-0.1, -0.05) is 18.2 Å². The van der Waals surface area contributed by atoms with Gasteiger partial charge < -0.3 is 9.84 Å². The molecule has 21 heavy (non-hydrogen) atoms. The zero-order valence-electron chi connectivity index (χ0n) is 10.8. The van der Waals surface area contributed by atoms with E-state index in [1.165, 1.54) is 30.3 Å². The number of ether oxygens (including phenoxy) is 1. The van der Waals surface area contributed by atoms with Gasteiger partial charge in [-0.3, -0.25) is 0 Å². The Morgan fingerprint density at radius 1 is 1.00 bits per heavy atom. The van der Waals surface area contributed by atoms with E-state index < -0.39 is 24.3 Å². The first-order chi connectivity index (χ1) is 9.95. The lowest BCUT2D eigenvalue weighted by molar-refractivity contribution is -0.0499. The maximum atomic E-state index is 13.1. The molecule has 6 heteroatoms. The van der Waals surface area contributed by atoms with Gasteiger partial charge in [0.2, 0.25) is 0 Å². The van der Waals surface area contributed by atoms with Gasteiger partial charge in [0.25, 0.3) is 0 Å². The predicted molar refractivity (Wildman–Crippen MR) is 68.1 cm³/mol. The summed E-state index contributed by atoms with van der Waals surface area (Å²) in [5.41, 5.74) is 0.736. The van der Waals surface area contributed by atoms with Crippen LogP contribution in [0.25, 0.3) is 0 Å². The minimum atomic E-state index is -2.96. The monoisotopic (exact) mass is 300 g/mol. The van der Waals surface area contributed by atoms with Crippen molar-refractivity contribution in [2.45, 2.75) is 19.1 Å². The topological polar surface area (TPSA) is 29.5 Å². The largest absolute Gasteiger partial charge is 0.435 e. The summed E-state index contributed by atoms with van der Waals surface area (Å²) in [6.07, 6.45) is -1.02. The van der Waals surface area contributed by atoms with E-state index in [0.29, 0.717) is 11.1 Å². The van der Waals surface area contributed by atoms with Crippen molar-refractivity contribution in [3.8, 4) is 5.75 Å². The zero-order chi connectivity index (χ0) is 15.4. The van der Waals surface area contributed by atoms with Gasteiger partial charge >= 0.3 is 6.61 Å². The summed E-state index contributed by atoms with van der Waals surface area (Å²) in [5, 5.41) is 10.0. The summed E-state index contributed by atoms with van der Waals surface area (Å²) in [7, 11) is 0. The second-order valence-electron chi connectivity index (χ2n) is 4.42. The normalized spacial score (nSPS) is 12.5. The van der Waals surface area contributed by atoms with Crippen molar-refractivity contribution in [2.75, 3.05) is 0 Å². The maximum Gasteiger partial charge on any atom is 0.387 e. The Kier molecular flexibility index (Phi) is 4.80. The molecule has 0 aromatic heterocycles. The molecular weight excluding hydrogens is 288 g/mol. The number of alkyl halides is 2. The molecule has 0 bridgehead atoms. The van der Waals surface area contributed by atoms with Gasteiger partial charge in [0.05, 0.1) is 6.10 Å². The van der Waals surface area contributed by atoms with Crippen LogP contribution < -0.4 is 4.74 Å². The molecule has 0 fully saturated rings. The van der Waals surface area contributed by atoms with Crippen molar-refractivity contribution >= 4 is 0 Å². The molecule has 0 radical (unpaired) electrons. The molecule has 2 aromatic rings. The van der Waals surface area contributed by atoms with Gasteiger partial charge in [0.15, 0.2) is 11.6 Å². The lowest BCUT2D eigenvalue weighted by atomic mass is 10.0. The number of hydrogen-bond donors (Lipinski definition) is 1. The molecule has 2 nitrogen and oxygen atoms in total. The molecule has 0 heterocycles. The Balaban J connectivity index is 2.12. The molecule has 2 aromatic carbocycles. The Labute approximate surface area is 118 Å². The summed E-state index contributed by atoms with van der Waals surface area (Å²) in [6, 6.07) is 8.90. The zero-order valence-corrected chi connectivity index (χ0v) is 10.8. The molecule has 0 saturated carbocycles. The van der Waals surface area contributed by atoms with Crippen LogP contribution in [-0.2, 0) is 6.42 Å². The number of aliphatic hydroxyl groups is 1. The fraction of sp³-hybridized carbons (Fsp3) is 0.200. The van der Waals surface area contributed by atoms with Crippen LogP contribution in [0.3, 0.4) is 0 Å². The number of benzene rings is 2. The second-order valence-corrected chi connectivity index (χ2v) is 4.42. The molecule has 0 spiro atoms. The van der Waals surface area contributed by atoms with Crippen molar-refractivity contribution in [2.24, 2.45) is 0 Å². The fourth-order valence-electron chi connectivity index (χ4n) is 1.91. The molecular formula is C15H12F4O2. The lowest BCUT2D eigenvalue weighted by Crippen LogP contribution is -2.05. The molecule has 112 valence electrons. The van der Waals surface area contributed by atoms with E-state index in [1.807, 2.05) is 0 Å². The molecule has 1 atom stereocenters. The third-order valence-electron chi connectivity index (χ3n) is 2.88. The van der Waals surface area contributed by atoms with E-state index in [2.05, 4.69) is 4.74 Å². The quantitative estimate of drug-likeness (QED) is 0.850. The third-order valence-corrected chi connectivity index (χ3v) is 2.88. The van der Waals surface area contributed by atoms with E-state index >= 15 is 0 Å². The minimum absolute atomic E-state index is 0.0231. The van der Waals surface area contributed by atoms with E-state index in [4.69, 9.17) is 0 Å². The number of aliphatic hydroxyl groups excluding tert-OH is 1. The van der Waals surface area contributed by atoms with Crippen LogP contribution in [0.5, 0.6) is 5.75 Å². The van der Waals surface area contributed by atoms with Crippen molar-refractivity contribution in [3.63, 3.8) is 0 Å². The van der Waals surface area contributed by atoms with Crippen LogP contribution in [-0.4, -0.2) is 11.7 Å². The molecule has 1 unspecified atom stereocenters. The van der Waals surface area contributed by atoms with Gasteiger partial charge in [0, 0.05) is 6.42 Å². The molecule has 0 aliphatic carbocycles. The summed E-state index contributed by atoms with van der Waals surface area (Å²) in [4.78, 5) is 0. The Morgan fingerprint density at radius 2 is 1.76 bits per heavy atom. The number of halogens is 4. The Hall–Kier alpha value is -2.08. The van der Waals surface area contributed by atoms with E-state index in [0.717, 1.165) is 12.1 Å². The smallest absolute Gasteiger partial charge is 0.387 e. The van der Waals surface area contributed by atoms with Crippen molar-refractivity contribution < 1.29 is 27.4 Å². The molecule has 0 saturated heterocycles. The fourth-order valence-corrected chi connectivity index (χ4v) is 1.91. The molecule has 1 N–H and O–H groups in total. The SMILES string of the molecule is OC(Cc1ccc(F)c(F)c1)c1cccc(OC(F)F)c1. The summed E-state index contributed by atoms with van der Waals surface area (Å²) < 4.78 is 54.4. The minimum Gasteiger partial charge on any atom is -0.435 e. The average molecular weight is 300 g/mol. The van der Waals surface area contributed by atoms with Gasteiger partial charge in [-0.05, 0) is 35.4 Å². The van der Waals surface area contributed by atoms with Crippen LogP contribution >= 0.6 is 0 Å². The van der Waals surface area contributed by atoms with Crippen molar-refractivity contribution in [1.82, 2.24) is 0 Å². The molecule has 0 aliphatic rings. The summed E-state index contributed by atoms with van der Waals surface area (Å²) >= 11 is 0. The molecule has 0 amide bonds. The standard InChI is InChI=1S/C15H12F4O2/c16-12-5-4-9(6-13(12)17)7-14(20)10-2-1-3-11(8-10)21-15(18)19/h1-6,8,14-15,20H,7H2. The van der Waals surface area contributed by atoms with E-state index in [1.54, 1.807) is 0 Å². The highest BCUT2D eigenvalue weighted by molar-refractivity contribution is 5.31. The Bertz CT molecular complexity index is 616. The Morgan fingerprint density at radius 3 is 2.43 bits per heavy atom. The van der Waals surface area contributed by atoms with Crippen LogP contribution in [0.4, 0.5) is 17.6 Å². The van der Waals surface area contributed by atoms with Gasteiger partial charge in [0.1, 0.15) is 5.75 Å². The highest BCUT2D eigenvalue weighted by Crippen LogP contribution is 2.24. The summed E-state index contributed by atoms with van der Waals surface area (Å²) in [5.74, 6) is -2.05. The summed E-state index contributed by atoms with van der Waals surface area (Å²) in [6.45, 7) is -2.96. The van der Waals surface area contributed by atoms with Crippen LogP contribution in [0.15, 0.2) is 42.5 Å². The third kappa shape index (κ3) is 4.19. The number of hydrogen-bond acceptors (Lipinski definition) is 2. The van der Waals surface area contributed by atoms with E-state index in [9.17, 15) is 22.7 Å². The van der Waals surface area contributed by atoms with E-state index in [-0.39, 0.29) is 12.2 Å². The van der Waals surface area contributed by atoms with Crippen LogP contribution in [0.2, 0.25) is 0 Å². The van der Waals surface area contributed by atoms with Gasteiger partial charge in [-0.15, -0.1) is 0 Å². The highest BCUT2D eigenvalue weighted by atomic mass is 19.3. The van der Waals surface area contributed by atoms with Gasteiger partial charge in [-0.2, -0.15) is 8.78 Å². The van der Waals surface area contributed by atoms with Gasteiger partial charge in [-0.25, -0.2) is 8.78 Å². The lowest BCUT2D eigenvalue weighted by Gasteiger charge is -2.13. The number of rotatable bonds is 5. The molecule has 2 rings (SSSR count). The first-order valence-electron chi connectivity index (χ1n) is 6.12. The van der Waals surface area contributed by atoms with Crippen molar-refractivity contribution in [1.29, 1.82) is 0 Å². The predicted octanol–water partition coefficient (Wildman–Crippen LogP) is 3.84. The maximum absolute atomic E-state index is 13.1. The van der Waals surface area contributed by atoms with Crippen molar-refractivity contribution in [3.05, 3.63) is 65.2 Å². The second kappa shape index (κ2) is 6.58. The first-order valence-corrected chi connectivity index (χ1v) is 6.12.